The van der Waals surface area contributed by atoms with Crippen LogP contribution in [0.2, 0.25) is 0 Å². The molecule has 1 aliphatic heterocycles. The van der Waals surface area contributed by atoms with E-state index in [4.69, 9.17) is 4.74 Å². The van der Waals surface area contributed by atoms with Crippen LogP contribution in [-0.2, 0) is 9.53 Å². The third kappa shape index (κ3) is 4.43. The number of carbonyl (C=O) groups excluding carboxylic acids is 5. The number of hydrogen-bond donors (Lipinski definition) is 1. The van der Waals surface area contributed by atoms with Crippen molar-refractivity contribution in [3.05, 3.63) is 107 Å². The summed E-state index contributed by atoms with van der Waals surface area (Å²) < 4.78 is 5.29. The van der Waals surface area contributed by atoms with Crippen molar-refractivity contribution in [2.45, 2.75) is 20.0 Å². The number of imide groups is 1. The van der Waals surface area contributed by atoms with Gasteiger partial charge in [0.15, 0.2) is 11.9 Å². The van der Waals surface area contributed by atoms with Crippen molar-refractivity contribution in [1.29, 1.82) is 0 Å². The first-order valence-corrected chi connectivity index (χ1v) is 11.9. The van der Waals surface area contributed by atoms with Crippen molar-refractivity contribution in [2.24, 2.45) is 0 Å². The topological polar surface area (TPSA) is 110 Å². The van der Waals surface area contributed by atoms with Crippen LogP contribution in [0.1, 0.15) is 55.3 Å². The number of rotatable bonds is 6. The number of amides is 3. The minimum atomic E-state index is -1.10. The van der Waals surface area contributed by atoms with Gasteiger partial charge in [-0.1, -0.05) is 24.3 Å². The van der Waals surface area contributed by atoms with Crippen molar-refractivity contribution in [2.75, 3.05) is 10.2 Å². The first-order valence-electron chi connectivity index (χ1n) is 11.9. The summed E-state index contributed by atoms with van der Waals surface area (Å²) in [5, 5.41) is 4.07. The molecule has 1 aliphatic rings. The highest BCUT2D eigenvalue weighted by Crippen LogP contribution is 2.32. The maximum Gasteiger partial charge on any atom is 0.338 e. The Morgan fingerprint density at radius 1 is 0.763 bits per heavy atom. The van der Waals surface area contributed by atoms with Gasteiger partial charge in [0.2, 0.25) is 0 Å². The zero-order valence-corrected chi connectivity index (χ0v) is 20.6. The van der Waals surface area contributed by atoms with Gasteiger partial charge in [0.1, 0.15) is 0 Å². The van der Waals surface area contributed by atoms with Crippen LogP contribution in [0.15, 0.2) is 84.9 Å². The molecule has 0 spiro atoms. The van der Waals surface area contributed by atoms with E-state index in [-0.39, 0.29) is 11.3 Å². The zero-order chi connectivity index (χ0) is 27.0. The van der Waals surface area contributed by atoms with Crippen LogP contribution in [0.4, 0.5) is 11.4 Å². The van der Waals surface area contributed by atoms with E-state index >= 15 is 0 Å². The SMILES string of the molecule is CC(=O)c1ccc(NC(=O)C(C)OC(=O)c2ccc(N3C(=O)c4cccc5cccc(c45)C3=O)cc2)cc1. The van der Waals surface area contributed by atoms with Gasteiger partial charge < -0.3 is 10.1 Å². The molecule has 8 heteroatoms. The molecule has 5 rings (SSSR count). The summed E-state index contributed by atoms with van der Waals surface area (Å²) in [5.74, 6) is -2.26. The summed E-state index contributed by atoms with van der Waals surface area (Å²) in [5.41, 5.74) is 2.29. The van der Waals surface area contributed by atoms with Gasteiger partial charge in [-0.3, -0.25) is 19.2 Å². The number of esters is 1. The molecule has 4 aromatic carbocycles. The summed E-state index contributed by atoms with van der Waals surface area (Å²) in [6, 6.07) is 22.8. The minimum Gasteiger partial charge on any atom is -0.449 e. The molecule has 1 atom stereocenters. The van der Waals surface area contributed by atoms with E-state index in [0.717, 1.165) is 10.3 Å². The molecule has 0 fully saturated rings. The molecule has 0 radical (unpaired) electrons. The van der Waals surface area contributed by atoms with Crippen LogP contribution < -0.4 is 10.2 Å². The normalized spacial score (nSPS) is 13.3. The molecule has 188 valence electrons. The van der Waals surface area contributed by atoms with E-state index in [0.29, 0.717) is 33.5 Å². The molecule has 0 saturated carbocycles. The Bertz CT molecular complexity index is 1570. The number of carbonyl (C=O) groups is 5. The van der Waals surface area contributed by atoms with E-state index in [2.05, 4.69) is 5.32 Å². The van der Waals surface area contributed by atoms with Crippen molar-refractivity contribution >= 4 is 51.6 Å². The van der Waals surface area contributed by atoms with Gasteiger partial charge in [0.25, 0.3) is 17.7 Å². The molecule has 3 amide bonds. The van der Waals surface area contributed by atoms with Crippen LogP contribution in [0.3, 0.4) is 0 Å². The van der Waals surface area contributed by atoms with Crippen LogP contribution in [-0.4, -0.2) is 35.6 Å². The lowest BCUT2D eigenvalue weighted by atomic mass is 9.94. The number of nitrogens with zero attached hydrogens (tertiary/aromatic N) is 1. The molecule has 38 heavy (non-hydrogen) atoms. The smallest absolute Gasteiger partial charge is 0.338 e. The molecule has 1 unspecified atom stereocenters. The van der Waals surface area contributed by atoms with Gasteiger partial charge in [-0.15, -0.1) is 0 Å². The van der Waals surface area contributed by atoms with E-state index in [1.165, 1.54) is 38.1 Å². The summed E-state index contributed by atoms with van der Waals surface area (Å²) in [6.07, 6.45) is -1.10. The van der Waals surface area contributed by atoms with E-state index in [1.54, 1.807) is 48.5 Å². The van der Waals surface area contributed by atoms with E-state index < -0.39 is 29.8 Å². The third-order valence-electron chi connectivity index (χ3n) is 6.34. The summed E-state index contributed by atoms with van der Waals surface area (Å²) in [4.78, 5) is 64.0. The average Bonchev–Trinajstić information content (AvgIpc) is 2.92. The van der Waals surface area contributed by atoms with Gasteiger partial charge in [-0.05, 0) is 79.9 Å². The Morgan fingerprint density at radius 2 is 1.32 bits per heavy atom. The second-order valence-corrected chi connectivity index (χ2v) is 8.87. The van der Waals surface area contributed by atoms with Crippen molar-refractivity contribution in [1.82, 2.24) is 0 Å². The zero-order valence-electron chi connectivity index (χ0n) is 20.6. The fourth-order valence-electron chi connectivity index (χ4n) is 4.33. The fourth-order valence-corrected chi connectivity index (χ4v) is 4.33. The van der Waals surface area contributed by atoms with Crippen molar-refractivity contribution in [3.63, 3.8) is 0 Å². The Labute approximate surface area is 217 Å². The maximum atomic E-state index is 13.2. The Hall–Kier alpha value is -5.11. The molecule has 8 nitrogen and oxygen atoms in total. The average molecular weight is 507 g/mol. The number of benzene rings is 4. The number of hydrogen-bond acceptors (Lipinski definition) is 6. The number of ether oxygens (including phenoxy) is 1. The molecule has 0 aromatic heterocycles. The van der Waals surface area contributed by atoms with Gasteiger partial charge in [0, 0.05) is 27.8 Å². The predicted octanol–water partition coefficient (Wildman–Crippen LogP) is 5.03. The molecule has 4 aromatic rings. The molecule has 1 heterocycles. The second-order valence-electron chi connectivity index (χ2n) is 8.87. The minimum absolute atomic E-state index is 0.0904. The lowest BCUT2D eigenvalue weighted by Crippen LogP contribution is -2.40. The number of anilines is 2. The van der Waals surface area contributed by atoms with E-state index in [1.807, 2.05) is 12.1 Å². The highest BCUT2D eigenvalue weighted by Gasteiger charge is 2.34. The highest BCUT2D eigenvalue weighted by atomic mass is 16.5. The standard InChI is InChI=1S/C30H22N2O6/c1-17(33)19-9-13-22(14-10-19)31-27(34)18(2)38-30(37)21-11-15-23(16-12-21)32-28(35)24-7-3-5-20-6-4-8-25(26(20)24)29(32)36/h3-16,18H,1-2H3,(H,31,34). The maximum absolute atomic E-state index is 13.2. The van der Waals surface area contributed by atoms with Gasteiger partial charge >= 0.3 is 5.97 Å². The summed E-state index contributed by atoms with van der Waals surface area (Å²) in [6.45, 7) is 2.89. The highest BCUT2D eigenvalue weighted by molar-refractivity contribution is 6.35. The Balaban J connectivity index is 1.28. The monoisotopic (exact) mass is 506 g/mol. The molecular formula is C30H22N2O6. The predicted molar refractivity (Wildman–Crippen MR) is 141 cm³/mol. The second kappa shape index (κ2) is 9.74. The van der Waals surface area contributed by atoms with Crippen LogP contribution in [0, 0.1) is 0 Å². The largest absolute Gasteiger partial charge is 0.449 e. The lowest BCUT2D eigenvalue weighted by Gasteiger charge is -2.27. The summed E-state index contributed by atoms with van der Waals surface area (Å²) in [7, 11) is 0. The molecule has 0 saturated heterocycles. The Kier molecular flexibility index (Phi) is 6.30. The first-order chi connectivity index (χ1) is 18.2. The molecule has 1 N–H and O–H groups in total. The number of Topliss-reactive ketones (excluding diaryl/α,β-unsaturated/α-hetero) is 1. The quantitative estimate of drug-likeness (QED) is 0.223. The van der Waals surface area contributed by atoms with Crippen LogP contribution >= 0.6 is 0 Å². The van der Waals surface area contributed by atoms with Crippen molar-refractivity contribution in [3.8, 4) is 0 Å². The van der Waals surface area contributed by atoms with Gasteiger partial charge in [0.05, 0.1) is 11.3 Å². The van der Waals surface area contributed by atoms with Gasteiger partial charge in [-0.25, -0.2) is 9.69 Å². The number of ketones is 1. The molecule has 0 aliphatic carbocycles. The van der Waals surface area contributed by atoms with Crippen LogP contribution in [0.25, 0.3) is 10.8 Å². The number of nitrogens with one attached hydrogen (secondary N) is 1. The molecule has 0 bridgehead atoms. The first kappa shape index (κ1) is 24.6. The van der Waals surface area contributed by atoms with E-state index in [9.17, 15) is 24.0 Å². The Morgan fingerprint density at radius 3 is 1.87 bits per heavy atom. The fraction of sp³-hybridized carbons (Fsp3) is 0.100. The van der Waals surface area contributed by atoms with Crippen molar-refractivity contribution < 1.29 is 28.7 Å². The lowest BCUT2D eigenvalue weighted by molar-refractivity contribution is -0.123. The third-order valence-corrected chi connectivity index (χ3v) is 6.34. The van der Waals surface area contributed by atoms with Gasteiger partial charge in [-0.2, -0.15) is 0 Å². The summed E-state index contributed by atoms with van der Waals surface area (Å²) >= 11 is 0. The van der Waals surface area contributed by atoms with Crippen LogP contribution in [0.5, 0.6) is 0 Å². The molecular weight excluding hydrogens is 484 g/mol.